The van der Waals surface area contributed by atoms with Crippen LogP contribution >= 0.6 is 0 Å². The number of hydrogen-bond acceptors (Lipinski definition) is 4. The molecule has 0 radical (unpaired) electrons. The molecule has 1 unspecified atom stereocenters. The molecule has 1 aromatic heterocycles. The normalized spacial score (nSPS) is 14.9. The molecule has 0 aliphatic heterocycles. The Morgan fingerprint density at radius 1 is 1.40 bits per heavy atom. The molecule has 1 atom stereocenters. The van der Waals surface area contributed by atoms with Gasteiger partial charge in [-0.3, -0.25) is 0 Å². The molecule has 0 fully saturated rings. The second kappa shape index (κ2) is 4.53. The van der Waals surface area contributed by atoms with Crippen LogP contribution in [0.3, 0.4) is 0 Å². The van der Waals surface area contributed by atoms with Crippen LogP contribution in [0.15, 0.2) is 4.42 Å². The minimum Gasteiger partial charge on any atom is -0.379 e. The number of hydrogen-bond donors (Lipinski definition) is 0. The van der Waals surface area contributed by atoms with E-state index in [1.54, 1.807) is 6.92 Å². The molecule has 0 bridgehead atoms. The monoisotopic (exact) mass is 212 g/mol. The molecule has 0 aliphatic carbocycles. The standard InChI is InChI=1S/C10H18N3O2/c1-5-7-13(4,9(14)6-2)10-12-11-8(3)15-10/h5-7H2,1-4H3/q+1. The summed E-state index contributed by atoms with van der Waals surface area (Å²) in [6, 6.07) is 0.390. The average Bonchev–Trinajstić information content (AvgIpc) is 2.64. The quantitative estimate of drug-likeness (QED) is 0.712. The van der Waals surface area contributed by atoms with Gasteiger partial charge < -0.3 is 4.42 Å². The van der Waals surface area contributed by atoms with Crippen molar-refractivity contribution >= 4 is 11.9 Å². The molecule has 0 saturated heterocycles. The number of carbonyl (C=O) groups is 1. The van der Waals surface area contributed by atoms with Crippen LogP contribution < -0.4 is 4.48 Å². The Balaban J connectivity index is 3.05. The molecule has 5 heteroatoms. The van der Waals surface area contributed by atoms with Crippen molar-refractivity contribution in [3.63, 3.8) is 0 Å². The van der Waals surface area contributed by atoms with Gasteiger partial charge in [-0.05, 0) is 6.42 Å². The Morgan fingerprint density at radius 3 is 2.47 bits per heavy atom. The first-order valence-corrected chi connectivity index (χ1v) is 5.24. The van der Waals surface area contributed by atoms with Gasteiger partial charge in [0.1, 0.15) is 0 Å². The van der Waals surface area contributed by atoms with E-state index in [4.69, 9.17) is 4.42 Å². The van der Waals surface area contributed by atoms with Crippen LogP contribution in [0.5, 0.6) is 0 Å². The Bertz CT molecular complexity index is 348. The highest BCUT2D eigenvalue weighted by atomic mass is 16.4. The van der Waals surface area contributed by atoms with Crippen molar-refractivity contribution < 1.29 is 9.21 Å². The van der Waals surface area contributed by atoms with Crippen LogP contribution in [-0.2, 0) is 4.79 Å². The van der Waals surface area contributed by atoms with Crippen molar-refractivity contribution in [1.82, 2.24) is 14.7 Å². The predicted molar refractivity (Wildman–Crippen MR) is 57.2 cm³/mol. The van der Waals surface area contributed by atoms with E-state index in [1.807, 2.05) is 20.9 Å². The number of quaternary nitrogens is 1. The first kappa shape index (κ1) is 11.8. The molecule has 0 N–H and O–H groups in total. The summed E-state index contributed by atoms with van der Waals surface area (Å²) in [7, 11) is 1.82. The van der Waals surface area contributed by atoms with Gasteiger partial charge in [0, 0.05) is 6.92 Å². The molecule has 1 amide bonds. The lowest BCUT2D eigenvalue weighted by Gasteiger charge is -2.25. The van der Waals surface area contributed by atoms with Crippen LogP contribution in [0.2, 0.25) is 0 Å². The fraction of sp³-hybridized carbons (Fsp3) is 0.700. The number of amides is 1. The Labute approximate surface area is 89.7 Å². The highest BCUT2D eigenvalue weighted by Gasteiger charge is 2.37. The molecular weight excluding hydrogens is 194 g/mol. The third-order valence-electron chi connectivity index (χ3n) is 2.46. The zero-order valence-electron chi connectivity index (χ0n) is 9.78. The Kier molecular flexibility index (Phi) is 3.57. The van der Waals surface area contributed by atoms with E-state index in [0.717, 1.165) is 6.42 Å². The van der Waals surface area contributed by atoms with Gasteiger partial charge in [0.2, 0.25) is 5.89 Å². The molecule has 84 valence electrons. The first-order valence-electron chi connectivity index (χ1n) is 5.24. The maximum absolute atomic E-state index is 11.9. The van der Waals surface area contributed by atoms with Crippen molar-refractivity contribution in [3.8, 4) is 0 Å². The molecule has 1 heterocycles. The maximum Gasteiger partial charge on any atom is 0.432 e. The Hall–Kier alpha value is -1.23. The summed E-state index contributed by atoms with van der Waals surface area (Å²) in [5.41, 5.74) is 0. The van der Waals surface area contributed by atoms with Gasteiger partial charge in [0.15, 0.2) is 0 Å². The smallest absolute Gasteiger partial charge is 0.379 e. The van der Waals surface area contributed by atoms with Crippen molar-refractivity contribution in [2.45, 2.75) is 33.6 Å². The van der Waals surface area contributed by atoms with Gasteiger partial charge in [0.05, 0.1) is 20.0 Å². The summed E-state index contributed by atoms with van der Waals surface area (Å²) in [6.07, 6.45) is 1.36. The molecular formula is C10H18N3O2+. The van der Waals surface area contributed by atoms with E-state index in [-0.39, 0.29) is 10.4 Å². The summed E-state index contributed by atoms with van der Waals surface area (Å²) >= 11 is 0. The summed E-state index contributed by atoms with van der Waals surface area (Å²) < 4.78 is 5.46. The Morgan fingerprint density at radius 2 is 2.07 bits per heavy atom. The van der Waals surface area contributed by atoms with Crippen molar-refractivity contribution in [3.05, 3.63) is 5.89 Å². The average molecular weight is 212 g/mol. The third-order valence-corrected chi connectivity index (χ3v) is 2.46. The van der Waals surface area contributed by atoms with Crippen LogP contribution in [0.4, 0.5) is 6.01 Å². The molecule has 15 heavy (non-hydrogen) atoms. The summed E-state index contributed by atoms with van der Waals surface area (Å²) in [6.45, 7) is 6.29. The molecule has 0 saturated carbocycles. The molecule has 1 aromatic rings. The predicted octanol–water partition coefficient (Wildman–Crippen LogP) is 1.66. The van der Waals surface area contributed by atoms with Gasteiger partial charge >= 0.3 is 11.9 Å². The maximum atomic E-state index is 11.9. The summed E-state index contributed by atoms with van der Waals surface area (Å²) in [5, 5.41) is 7.71. The van der Waals surface area contributed by atoms with E-state index < -0.39 is 0 Å². The lowest BCUT2D eigenvalue weighted by Crippen LogP contribution is -2.51. The molecule has 0 spiro atoms. The lowest BCUT2D eigenvalue weighted by molar-refractivity contribution is -0.129. The van der Waals surface area contributed by atoms with E-state index in [1.165, 1.54) is 0 Å². The zero-order chi connectivity index (χ0) is 11.5. The fourth-order valence-electron chi connectivity index (χ4n) is 1.61. The van der Waals surface area contributed by atoms with E-state index in [9.17, 15) is 4.79 Å². The molecule has 0 aromatic carbocycles. The number of rotatable bonds is 4. The van der Waals surface area contributed by atoms with Crippen LogP contribution in [-0.4, -0.2) is 29.7 Å². The summed E-state index contributed by atoms with van der Waals surface area (Å²) in [4.78, 5) is 11.9. The number of carbonyl (C=O) groups excluding carboxylic acids is 1. The van der Waals surface area contributed by atoms with Gasteiger partial charge in [0.25, 0.3) is 0 Å². The fourth-order valence-corrected chi connectivity index (χ4v) is 1.61. The van der Waals surface area contributed by atoms with Crippen LogP contribution in [0.1, 0.15) is 32.6 Å². The second-order valence-corrected chi connectivity index (χ2v) is 3.77. The van der Waals surface area contributed by atoms with Gasteiger partial charge in [-0.2, -0.15) is 4.48 Å². The number of aromatic nitrogens is 2. The van der Waals surface area contributed by atoms with Crippen LogP contribution in [0, 0.1) is 6.92 Å². The largest absolute Gasteiger partial charge is 0.432 e. The van der Waals surface area contributed by atoms with Gasteiger partial charge in [-0.1, -0.05) is 18.9 Å². The highest BCUT2D eigenvalue weighted by Crippen LogP contribution is 2.20. The SMILES string of the molecule is CCC[N+](C)(C(=O)CC)c1nnc(C)o1. The summed E-state index contributed by atoms with van der Waals surface area (Å²) in [5.74, 6) is 0.592. The van der Waals surface area contributed by atoms with E-state index in [2.05, 4.69) is 10.2 Å². The molecule has 5 nitrogen and oxygen atoms in total. The molecule has 0 aliphatic rings. The van der Waals surface area contributed by atoms with Gasteiger partial charge in [-0.15, -0.1) is 5.10 Å². The van der Waals surface area contributed by atoms with E-state index >= 15 is 0 Å². The van der Waals surface area contributed by atoms with Crippen molar-refractivity contribution in [2.24, 2.45) is 0 Å². The van der Waals surface area contributed by atoms with Crippen molar-refractivity contribution in [2.75, 3.05) is 13.6 Å². The third kappa shape index (κ3) is 2.23. The number of aryl methyl sites for hydroxylation is 1. The number of nitrogens with zero attached hydrogens (tertiary/aromatic N) is 3. The van der Waals surface area contributed by atoms with Gasteiger partial charge in [-0.25, -0.2) is 4.79 Å². The minimum absolute atomic E-state index is 0.0977. The highest BCUT2D eigenvalue weighted by molar-refractivity contribution is 5.85. The van der Waals surface area contributed by atoms with Crippen molar-refractivity contribution in [1.29, 1.82) is 0 Å². The second-order valence-electron chi connectivity index (χ2n) is 3.77. The molecule has 1 rings (SSSR count). The first-order chi connectivity index (χ1) is 7.04. The minimum atomic E-state index is 0.0977. The van der Waals surface area contributed by atoms with Crippen LogP contribution in [0.25, 0.3) is 0 Å². The zero-order valence-corrected chi connectivity index (χ0v) is 9.78. The lowest BCUT2D eigenvalue weighted by atomic mass is 10.3. The topological polar surface area (TPSA) is 56.0 Å². The van der Waals surface area contributed by atoms with E-state index in [0.29, 0.717) is 24.9 Å².